The average Bonchev–Trinajstić information content (AvgIpc) is 2.73. The van der Waals surface area contributed by atoms with E-state index in [4.69, 9.17) is 9.26 Å². The fourth-order valence-corrected chi connectivity index (χ4v) is 2.22. The fourth-order valence-electron chi connectivity index (χ4n) is 2.22. The normalized spacial score (nSPS) is 20.6. The Morgan fingerprint density at radius 3 is 3.24 bits per heavy atom. The summed E-state index contributed by atoms with van der Waals surface area (Å²) >= 11 is 0. The molecule has 17 heavy (non-hydrogen) atoms. The van der Waals surface area contributed by atoms with Gasteiger partial charge in [-0.25, -0.2) is 0 Å². The van der Waals surface area contributed by atoms with Crippen molar-refractivity contribution in [3.63, 3.8) is 0 Å². The minimum atomic E-state index is 0.279. The number of nitrogens with one attached hydrogen (secondary N) is 1. The first-order valence-corrected chi connectivity index (χ1v) is 6.06. The predicted molar refractivity (Wildman–Crippen MR) is 65.3 cm³/mol. The second-order valence-electron chi connectivity index (χ2n) is 4.51. The molecular formula is C13H16N2O2. The topological polar surface area (TPSA) is 47.3 Å². The summed E-state index contributed by atoms with van der Waals surface area (Å²) in [4.78, 5) is 0. The van der Waals surface area contributed by atoms with Gasteiger partial charge in [-0.3, -0.25) is 0 Å². The zero-order chi connectivity index (χ0) is 11.7. The molecule has 1 atom stereocenters. The smallest absolute Gasteiger partial charge is 0.167 e. The molecule has 2 aromatic rings. The summed E-state index contributed by atoms with van der Waals surface area (Å²) < 4.78 is 11.1. The van der Waals surface area contributed by atoms with E-state index in [9.17, 15) is 0 Å². The highest BCUT2D eigenvalue weighted by molar-refractivity contribution is 5.80. The standard InChI is InChI=1S/C13H16N2O2/c1-9-12-7-10(4-5-13(12)17-15-9)16-11-3-2-6-14-8-11/h4-5,7,11,14H,2-3,6,8H2,1H3. The van der Waals surface area contributed by atoms with E-state index in [-0.39, 0.29) is 6.10 Å². The van der Waals surface area contributed by atoms with Crippen LogP contribution in [0.15, 0.2) is 22.7 Å². The van der Waals surface area contributed by atoms with Gasteiger partial charge in [-0.15, -0.1) is 0 Å². The van der Waals surface area contributed by atoms with Crippen LogP contribution in [0.4, 0.5) is 0 Å². The quantitative estimate of drug-likeness (QED) is 0.862. The molecule has 1 fully saturated rings. The molecule has 0 bridgehead atoms. The number of ether oxygens (including phenoxy) is 1. The summed E-state index contributed by atoms with van der Waals surface area (Å²) in [5, 5.41) is 8.32. The minimum Gasteiger partial charge on any atom is -0.489 e. The zero-order valence-electron chi connectivity index (χ0n) is 9.90. The van der Waals surface area contributed by atoms with E-state index in [1.54, 1.807) is 0 Å². The van der Waals surface area contributed by atoms with Gasteiger partial charge in [0, 0.05) is 11.9 Å². The molecule has 3 rings (SSSR count). The Labute approximate surface area is 99.9 Å². The van der Waals surface area contributed by atoms with Gasteiger partial charge in [0.15, 0.2) is 5.58 Å². The van der Waals surface area contributed by atoms with Crippen LogP contribution in [0.3, 0.4) is 0 Å². The van der Waals surface area contributed by atoms with Gasteiger partial charge in [-0.05, 0) is 44.5 Å². The van der Waals surface area contributed by atoms with E-state index < -0.39 is 0 Å². The van der Waals surface area contributed by atoms with Gasteiger partial charge in [0.2, 0.25) is 0 Å². The van der Waals surface area contributed by atoms with E-state index in [0.717, 1.165) is 41.9 Å². The molecule has 4 nitrogen and oxygen atoms in total. The molecule has 0 radical (unpaired) electrons. The summed E-state index contributed by atoms with van der Waals surface area (Å²) in [6.07, 6.45) is 2.58. The molecule has 1 aliphatic rings. The highest BCUT2D eigenvalue weighted by Gasteiger charge is 2.15. The van der Waals surface area contributed by atoms with Crippen LogP contribution in [-0.2, 0) is 0 Å². The summed E-state index contributed by atoms with van der Waals surface area (Å²) in [5.41, 5.74) is 1.73. The molecule has 2 heterocycles. The molecule has 1 aromatic heterocycles. The fraction of sp³-hybridized carbons (Fsp3) is 0.462. The minimum absolute atomic E-state index is 0.279. The van der Waals surface area contributed by atoms with Crippen LogP contribution < -0.4 is 10.1 Å². The number of benzene rings is 1. The molecular weight excluding hydrogens is 216 g/mol. The number of piperidine rings is 1. The van der Waals surface area contributed by atoms with E-state index in [1.807, 2.05) is 25.1 Å². The van der Waals surface area contributed by atoms with Crippen molar-refractivity contribution in [1.82, 2.24) is 10.5 Å². The number of aryl methyl sites for hydroxylation is 1. The van der Waals surface area contributed by atoms with Gasteiger partial charge in [0.25, 0.3) is 0 Å². The Morgan fingerprint density at radius 2 is 2.41 bits per heavy atom. The number of hydrogen-bond acceptors (Lipinski definition) is 4. The van der Waals surface area contributed by atoms with Gasteiger partial charge in [0.1, 0.15) is 11.9 Å². The van der Waals surface area contributed by atoms with E-state index in [2.05, 4.69) is 10.5 Å². The Hall–Kier alpha value is -1.55. The van der Waals surface area contributed by atoms with Gasteiger partial charge in [0.05, 0.1) is 5.69 Å². The maximum Gasteiger partial charge on any atom is 0.167 e. The van der Waals surface area contributed by atoms with E-state index in [1.165, 1.54) is 6.42 Å². The predicted octanol–water partition coefficient (Wildman–Crippen LogP) is 2.27. The third-order valence-electron chi connectivity index (χ3n) is 3.18. The number of rotatable bonds is 2. The molecule has 0 spiro atoms. The largest absolute Gasteiger partial charge is 0.489 e. The van der Waals surface area contributed by atoms with Crippen molar-refractivity contribution in [3.05, 3.63) is 23.9 Å². The monoisotopic (exact) mass is 232 g/mol. The molecule has 0 saturated carbocycles. The summed E-state index contributed by atoms with van der Waals surface area (Å²) in [6.45, 7) is 3.97. The second kappa shape index (κ2) is 4.37. The van der Waals surface area contributed by atoms with E-state index in [0.29, 0.717) is 0 Å². The lowest BCUT2D eigenvalue weighted by Crippen LogP contribution is -2.37. The maximum absolute atomic E-state index is 5.96. The molecule has 0 aliphatic carbocycles. The zero-order valence-corrected chi connectivity index (χ0v) is 9.90. The molecule has 1 aromatic carbocycles. The average molecular weight is 232 g/mol. The van der Waals surface area contributed by atoms with Crippen molar-refractivity contribution in [2.24, 2.45) is 0 Å². The van der Waals surface area contributed by atoms with Crippen molar-refractivity contribution < 1.29 is 9.26 Å². The number of hydrogen-bond donors (Lipinski definition) is 1. The summed E-state index contributed by atoms with van der Waals surface area (Å²) in [7, 11) is 0. The third kappa shape index (κ3) is 2.13. The van der Waals surface area contributed by atoms with Crippen molar-refractivity contribution >= 4 is 11.0 Å². The Kier molecular flexibility index (Phi) is 2.73. The van der Waals surface area contributed by atoms with Crippen molar-refractivity contribution in [3.8, 4) is 5.75 Å². The lowest BCUT2D eigenvalue weighted by molar-refractivity contribution is 0.167. The van der Waals surface area contributed by atoms with E-state index >= 15 is 0 Å². The Balaban J connectivity index is 1.82. The molecule has 1 N–H and O–H groups in total. The lowest BCUT2D eigenvalue weighted by atomic mass is 10.1. The first kappa shape index (κ1) is 10.6. The van der Waals surface area contributed by atoms with Crippen molar-refractivity contribution in [2.75, 3.05) is 13.1 Å². The molecule has 1 saturated heterocycles. The number of aromatic nitrogens is 1. The maximum atomic E-state index is 5.96. The summed E-state index contributed by atoms with van der Waals surface area (Å²) in [6, 6.07) is 5.87. The van der Waals surface area contributed by atoms with Crippen LogP contribution in [0, 0.1) is 6.92 Å². The van der Waals surface area contributed by atoms with Crippen LogP contribution >= 0.6 is 0 Å². The summed E-state index contributed by atoms with van der Waals surface area (Å²) in [5.74, 6) is 0.900. The first-order chi connectivity index (χ1) is 8.33. The lowest BCUT2D eigenvalue weighted by Gasteiger charge is -2.23. The second-order valence-corrected chi connectivity index (χ2v) is 4.51. The van der Waals surface area contributed by atoms with Crippen molar-refractivity contribution in [2.45, 2.75) is 25.9 Å². The number of fused-ring (bicyclic) bond motifs is 1. The van der Waals surface area contributed by atoms with Crippen LogP contribution in [-0.4, -0.2) is 24.4 Å². The van der Waals surface area contributed by atoms with Crippen LogP contribution in [0.1, 0.15) is 18.5 Å². The SMILES string of the molecule is Cc1noc2ccc(OC3CCCNC3)cc12. The highest BCUT2D eigenvalue weighted by atomic mass is 16.5. The van der Waals surface area contributed by atoms with Crippen molar-refractivity contribution in [1.29, 1.82) is 0 Å². The van der Waals surface area contributed by atoms with Crippen LogP contribution in [0.5, 0.6) is 5.75 Å². The molecule has 4 heteroatoms. The van der Waals surface area contributed by atoms with Crippen LogP contribution in [0.25, 0.3) is 11.0 Å². The Bertz CT molecular complexity index is 515. The molecule has 0 amide bonds. The Morgan fingerprint density at radius 1 is 1.47 bits per heavy atom. The van der Waals surface area contributed by atoms with Gasteiger partial charge >= 0.3 is 0 Å². The van der Waals surface area contributed by atoms with Crippen LogP contribution in [0.2, 0.25) is 0 Å². The molecule has 1 aliphatic heterocycles. The van der Waals surface area contributed by atoms with Gasteiger partial charge in [-0.1, -0.05) is 5.16 Å². The molecule has 1 unspecified atom stereocenters. The van der Waals surface area contributed by atoms with Gasteiger partial charge < -0.3 is 14.6 Å². The van der Waals surface area contributed by atoms with Gasteiger partial charge in [-0.2, -0.15) is 0 Å². The first-order valence-electron chi connectivity index (χ1n) is 6.06. The molecule has 90 valence electrons. The third-order valence-corrected chi connectivity index (χ3v) is 3.18. The number of nitrogens with zero attached hydrogens (tertiary/aromatic N) is 1. The highest BCUT2D eigenvalue weighted by Crippen LogP contribution is 2.24.